The molecule has 0 radical (unpaired) electrons. The Morgan fingerprint density at radius 2 is 2.16 bits per heavy atom. The third-order valence-corrected chi connectivity index (χ3v) is 6.53. The summed E-state index contributed by atoms with van der Waals surface area (Å²) in [7, 11) is 0. The summed E-state index contributed by atoms with van der Waals surface area (Å²) in [5, 5.41) is 4.59. The number of rotatable bonds is 3. The van der Waals surface area contributed by atoms with E-state index in [1.807, 2.05) is 19.1 Å². The largest absolute Gasteiger partial charge is 0.381 e. The predicted molar refractivity (Wildman–Crippen MR) is 112 cm³/mol. The Balaban J connectivity index is 1.63. The van der Waals surface area contributed by atoms with Crippen LogP contribution in [0.2, 0.25) is 5.02 Å². The van der Waals surface area contributed by atoms with Crippen molar-refractivity contribution in [1.82, 2.24) is 24.1 Å². The molecule has 3 aromatic heterocycles. The van der Waals surface area contributed by atoms with Crippen molar-refractivity contribution in [3.63, 3.8) is 0 Å². The molecule has 9 nitrogen and oxygen atoms in total. The van der Waals surface area contributed by atoms with Crippen molar-refractivity contribution in [2.75, 3.05) is 19.8 Å². The van der Waals surface area contributed by atoms with Gasteiger partial charge in [-0.15, -0.1) is 0 Å². The van der Waals surface area contributed by atoms with Crippen LogP contribution in [0.5, 0.6) is 0 Å². The zero-order valence-electron chi connectivity index (χ0n) is 16.9. The van der Waals surface area contributed by atoms with Crippen LogP contribution in [0.1, 0.15) is 38.0 Å². The highest BCUT2D eigenvalue weighted by atomic mass is 35.5. The first kappa shape index (κ1) is 19.0. The Bertz CT molecular complexity index is 1360. The molecule has 2 aliphatic heterocycles. The molecule has 0 bridgehead atoms. The van der Waals surface area contributed by atoms with Crippen molar-refractivity contribution in [2.24, 2.45) is 0 Å². The first-order valence-electron chi connectivity index (χ1n) is 10.3. The monoisotopic (exact) mass is 441 g/mol. The molecule has 0 amide bonds. The Kier molecular flexibility index (Phi) is 4.21. The van der Waals surface area contributed by atoms with Crippen LogP contribution < -0.4 is 5.56 Å². The fraction of sp³-hybridized carbons (Fsp3) is 0.429. The number of benzene rings is 1. The normalized spacial score (nSPS) is 24.0. The van der Waals surface area contributed by atoms with Gasteiger partial charge in [0.05, 0.1) is 28.6 Å². The Labute approximate surface area is 181 Å². The lowest BCUT2D eigenvalue weighted by Gasteiger charge is -2.28. The number of hydrogen-bond donors (Lipinski definition) is 0. The van der Waals surface area contributed by atoms with Gasteiger partial charge in [-0.2, -0.15) is 4.98 Å². The lowest BCUT2D eigenvalue weighted by molar-refractivity contribution is -0.0447. The van der Waals surface area contributed by atoms with Crippen LogP contribution in [-0.4, -0.2) is 43.9 Å². The summed E-state index contributed by atoms with van der Waals surface area (Å²) in [4.78, 5) is 22.9. The van der Waals surface area contributed by atoms with E-state index in [2.05, 4.69) is 15.1 Å². The molecule has 4 aromatic rings. The summed E-state index contributed by atoms with van der Waals surface area (Å²) in [6.45, 7) is 3.73. The van der Waals surface area contributed by atoms with E-state index >= 15 is 0 Å². The standard InChI is InChI=1S/C21H20ClN5O4/c1-21(7-3-8-30-21)27-16-13(22)4-2-5-14(16)26-11-23-15(17(26)20(27)28)18-24-19(31-25-18)12-6-9-29-10-12/h2,4-5,11-12H,3,6-10H2,1H3. The molecule has 6 rings (SSSR count). The van der Waals surface area contributed by atoms with Gasteiger partial charge in [0.15, 0.2) is 0 Å². The maximum absolute atomic E-state index is 13.9. The van der Waals surface area contributed by atoms with Gasteiger partial charge in [0.2, 0.25) is 11.7 Å². The number of para-hydroxylation sites is 1. The second kappa shape index (κ2) is 6.88. The first-order valence-corrected chi connectivity index (χ1v) is 10.7. The molecule has 2 atom stereocenters. The van der Waals surface area contributed by atoms with Crippen LogP contribution in [-0.2, 0) is 15.2 Å². The molecular weight excluding hydrogens is 422 g/mol. The number of hydrogen-bond acceptors (Lipinski definition) is 7. The lowest BCUT2D eigenvalue weighted by atomic mass is 10.1. The van der Waals surface area contributed by atoms with E-state index in [9.17, 15) is 4.79 Å². The van der Waals surface area contributed by atoms with E-state index in [1.165, 1.54) is 0 Å². The average Bonchev–Trinajstić information content (AvgIpc) is 3.54. The maximum atomic E-state index is 13.9. The van der Waals surface area contributed by atoms with E-state index in [0.717, 1.165) is 18.4 Å². The number of imidazole rings is 1. The molecular formula is C21H20ClN5O4. The molecule has 0 N–H and O–H groups in total. The van der Waals surface area contributed by atoms with Crippen molar-refractivity contribution in [1.29, 1.82) is 0 Å². The molecule has 0 spiro atoms. The summed E-state index contributed by atoms with van der Waals surface area (Å²) in [6.07, 6.45) is 4.00. The molecule has 5 heterocycles. The minimum absolute atomic E-state index is 0.0669. The van der Waals surface area contributed by atoms with Gasteiger partial charge in [-0.05, 0) is 38.3 Å². The zero-order valence-corrected chi connectivity index (χ0v) is 17.6. The van der Waals surface area contributed by atoms with E-state index < -0.39 is 5.72 Å². The molecule has 2 fully saturated rings. The summed E-state index contributed by atoms with van der Waals surface area (Å²) in [6, 6.07) is 5.53. The molecule has 160 valence electrons. The molecule has 0 aliphatic carbocycles. The van der Waals surface area contributed by atoms with Crippen LogP contribution >= 0.6 is 11.6 Å². The maximum Gasteiger partial charge on any atom is 0.280 e. The highest BCUT2D eigenvalue weighted by Crippen LogP contribution is 2.35. The van der Waals surface area contributed by atoms with Crippen molar-refractivity contribution >= 4 is 28.2 Å². The van der Waals surface area contributed by atoms with Gasteiger partial charge < -0.3 is 14.0 Å². The van der Waals surface area contributed by atoms with Gasteiger partial charge in [0.25, 0.3) is 5.56 Å². The van der Waals surface area contributed by atoms with Gasteiger partial charge in [0.1, 0.15) is 23.3 Å². The highest BCUT2D eigenvalue weighted by Gasteiger charge is 2.36. The molecule has 2 aliphatic rings. The average molecular weight is 442 g/mol. The van der Waals surface area contributed by atoms with Crippen molar-refractivity contribution in [3.8, 4) is 11.5 Å². The molecule has 10 heteroatoms. The van der Waals surface area contributed by atoms with Crippen LogP contribution in [0.3, 0.4) is 0 Å². The molecule has 0 saturated carbocycles. The number of fused-ring (bicyclic) bond motifs is 3. The van der Waals surface area contributed by atoms with Crippen LogP contribution in [0.15, 0.2) is 33.8 Å². The zero-order chi connectivity index (χ0) is 21.2. The SMILES string of the molecule is CC1(n2c(=O)c3c(-c4noc(C5CCOC5)n4)ncn3c3cccc(Cl)c32)CCCO1. The smallest absolute Gasteiger partial charge is 0.280 e. The van der Waals surface area contributed by atoms with Crippen molar-refractivity contribution < 1.29 is 14.0 Å². The molecule has 1 aromatic carbocycles. The minimum Gasteiger partial charge on any atom is -0.381 e. The van der Waals surface area contributed by atoms with Gasteiger partial charge in [-0.25, -0.2) is 4.98 Å². The third kappa shape index (κ3) is 2.77. The topological polar surface area (TPSA) is 96.7 Å². The van der Waals surface area contributed by atoms with Crippen LogP contribution in [0.4, 0.5) is 0 Å². The quantitative estimate of drug-likeness (QED) is 0.481. The van der Waals surface area contributed by atoms with E-state index in [-0.39, 0.29) is 17.3 Å². The summed E-state index contributed by atoms with van der Waals surface area (Å²) in [5.41, 5.74) is 1.05. The van der Waals surface area contributed by atoms with Gasteiger partial charge >= 0.3 is 0 Å². The second-order valence-corrected chi connectivity index (χ2v) is 8.61. The number of ether oxygens (including phenoxy) is 2. The van der Waals surface area contributed by atoms with Crippen molar-refractivity contribution in [2.45, 2.75) is 37.8 Å². The summed E-state index contributed by atoms with van der Waals surface area (Å²) < 4.78 is 20.3. The third-order valence-electron chi connectivity index (χ3n) is 6.23. The highest BCUT2D eigenvalue weighted by molar-refractivity contribution is 6.35. The van der Waals surface area contributed by atoms with Crippen LogP contribution in [0, 0.1) is 0 Å². The lowest BCUT2D eigenvalue weighted by Crippen LogP contribution is -2.39. The molecule has 2 saturated heterocycles. The summed E-state index contributed by atoms with van der Waals surface area (Å²) >= 11 is 6.57. The van der Waals surface area contributed by atoms with Gasteiger partial charge in [0, 0.05) is 13.2 Å². The molecule has 31 heavy (non-hydrogen) atoms. The van der Waals surface area contributed by atoms with E-state index in [1.54, 1.807) is 21.4 Å². The van der Waals surface area contributed by atoms with E-state index in [0.29, 0.717) is 53.9 Å². The first-order chi connectivity index (χ1) is 15.1. The number of nitrogens with zero attached hydrogens (tertiary/aromatic N) is 5. The predicted octanol–water partition coefficient (Wildman–Crippen LogP) is 3.34. The van der Waals surface area contributed by atoms with Gasteiger partial charge in [-0.1, -0.05) is 22.8 Å². The minimum atomic E-state index is -0.798. The number of halogens is 1. The Hall–Kier alpha value is -2.75. The Morgan fingerprint density at radius 3 is 2.94 bits per heavy atom. The van der Waals surface area contributed by atoms with E-state index in [4.69, 9.17) is 25.6 Å². The van der Waals surface area contributed by atoms with Crippen molar-refractivity contribution in [3.05, 3.63) is 45.8 Å². The molecule has 2 unspecified atom stereocenters. The van der Waals surface area contributed by atoms with Gasteiger partial charge in [-0.3, -0.25) is 13.8 Å². The summed E-state index contributed by atoms with van der Waals surface area (Å²) in [5.74, 6) is 0.855. The van der Waals surface area contributed by atoms with Crippen LogP contribution in [0.25, 0.3) is 28.1 Å². The second-order valence-electron chi connectivity index (χ2n) is 8.20. The fourth-order valence-electron chi connectivity index (χ4n) is 4.64. The number of aromatic nitrogens is 5. The fourth-order valence-corrected chi connectivity index (χ4v) is 4.90. The Morgan fingerprint density at radius 1 is 1.26 bits per heavy atom.